The van der Waals surface area contributed by atoms with Gasteiger partial charge in [0.1, 0.15) is 11.4 Å². The summed E-state index contributed by atoms with van der Waals surface area (Å²) in [5, 5.41) is 2.53. The fourth-order valence-corrected chi connectivity index (χ4v) is 2.22. The molecule has 1 aliphatic rings. The number of rotatable bonds is 3. The molecule has 1 aromatic carbocycles. The molecule has 1 amide bonds. The van der Waals surface area contributed by atoms with E-state index < -0.39 is 11.7 Å². The average molecular weight is 280 g/mol. The first kappa shape index (κ1) is 14.8. The van der Waals surface area contributed by atoms with Crippen LogP contribution in [0.15, 0.2) is 18.2 Å². The van der Waals surface area contributed by atoms with Crippen LogP contribution in [0.1, 0.15) is 38.7 Å². The lowest BCUT2D eigenvalue weighted by atomic mass is 10.1. The van der Waals surface area contributed by atoms with Crippen molar-refractivity contribution in [2.45, 2.75) is 38.7 Å². The molecule has 0 saturated heterocycles. The first-order valence-electron chi connectivity index (χ1n) is 6.79. The Morgan fingerprint density at radius 2 is 2.20 bits per heavy atom. The minimum atomic E-state index is -0.587. The van der Waals surface area contributed by atoms with Crippen molar-refractivity contribution < 1.29 is 13.9 Å². The molecule has 20 heavy (non-hydrogen) atoms. The fourth-order valence-electron chi connectivity index (χ4n) is 2.22. The first-order chi connectivity index (χ1) is 9.30. The molecule has 0 bridgehead atoms. The van der Waals surface area contributed by atoms with Gasteiger partial charge in [-0.1, -0.05) is 6.07 Å². The molecule has 1 saturated carbocycles. The third-order valence-electron chi connectivity index (χ3n) is 3.27. The molecular weight excluding hydrogens is 259 g/mol. The molecule has 110 valence electrons. The van der Waals surface area contributed by atoms with Gasteiger partial charge in [0.05, 0.1) is 0 Å². The van der Waals surface area contributed by atoms with Crippen molar-refractivity contribution in [1.29, 1.82) is 0 Å². The summed E-state index contributed by atoms with van der Waals surface area (Å²) in [6.45, 7) is 5.91. The van der Waals surface area contributed by atoms with E-state index in [1.165, 1.54) is 6.07 Å². The summed E-state index contributed by atoms with van der Waals surface area (Å²) < 4.78 is 19.1. The molecule has 0 aromatic heterocycles. The highest BCUT2D eigenvalue weighted by Crippen LogP contribution is 2.47. The van der Waals surface area contributed by atoms with Gasteiger partial charge in [0, 0.05) is 5.69 Å². The average Bonchev–Trinajstić information content (AvgIpc) is 3.05. The summed E-state index contributed by atoms with van der Waals surface area (Å²) in [5.74, 6) is 0.296. The maximum absolute atomic E-state index is 14.0. The number of nitrogens with one attached hydrogen (secondary N) is 1. The van der Waals surface area contributed by atoms with Crippen LogP contribution in [0.25, 0.3) is 0 Å². The van der Waals surface area contributed by atoms with Crippen molar-refractivity contribution in [3.05, 3.63) is 29.6 Å². The Balaban J connectivity index is 2.01. The van der Waals surface area contributed by atoms with E-state index >= 15 is 0 Å². The molecule has 2 atom stereocenters. The predicted octanol–water partition coefficient (Wildman–Crippen LogP) is 3.23. The maximum atomic E-state index is 14.0. The van der Waals surface area contributed by atoms with Crippen molar-refractivity contribution in [1.82, 2.24) is 0 Å². The number of carbonyl (C=O) groups excluding carboxylic acids is 1. The van der Waals surface area contributed by atoms with Gasteiger partial charge in [-0.15, -0.1) is 0 Å². The van der Waals surface area contributed by atoms with Crippen LogP contribution in [0.2, 0.25) is 0 Å². The van der Waals surface area contributed by atoms with Crippen molar-refractivity contribution in [2.75, 3.05) is 11.9 Å². The van der Waals surface area contributed by atoms with Crippen LogP contribution in [0.3, 0.4) is 0 Å². The monoisotopic (exact) mass is 280 g/mol. The first-order valence-corrected chi connectivity index (χ1v) is 6.79. The van der Waals surface area contributed by atoms with Gasteiger partial charge in [0.15, 0.2) is 0 Å². The Hall–Kier alpha value is -1.62. The smallest absolute Gasteiger partial charge is 0.412 e. The SMILES string of the molecule is CC(C)(C)OC(=O)Nc1ccc(C2CC2CN)c(F)c1. The van der Waals surface area contributed by atoms with Gasteiger partial charge in [-0.2, -0.15) is 0 Å². The zero-order valence-electron chi connectivity index (χ0n) is 12.1. The van der Waals surface area contributed by atoms with Gasteiger partial charge in [-0.3, -0.25) is 5.32 Å². The van der Waals surface area contributed by atoms with Crippen molar-refractivity contribution >= 4 is 11.8 Å². The molecule has 0 radical (unpaired) electrons. The Kier molecular flexibility index (Phi) is 3.99. The van der Waals surface area contributed by atoms with Gasteiger partial charge in [-0.05, 0) is 63.3 Å². The van der Waals surface area contributed by atoms with Gasteiger partial charge < -0.3 is 10.5 Å². The fraction of sp³-hybridized carbons (Fsp3) is 0.533. The minimum Gasteiger partial charge on any atom is -0.444 e. The topological polar surface area (TPSA) is 64.3 Å². The van der Waals surface area contributed by atoms with E-state index in [-0.39, 0.29) is 11.7 Å². The van der Waals surface area contributed by atoms with E-state index in [4.69, 9.17) is 10.5 Å². The second kappa shape index (κ2) is 5.40. The molecule has 1 fully saturated rings. The summed E-state index contributed by atoms with van der Waals surface area (Å²) in [5.41, 5.74) is 6.06. The van der Waals surface area contributed by atoms with Crippen molar-refractivity contribution in [3.63, 3.8) is 0 Å². The molecule has 2 rings (SSSR count). The third-order valence-corrected chi connectivity index (χ3v) is 3.27. The Labute approximate surface area is 118 Å². The standard InChI is InChI=1S/C15H21FN2O2/c1-15(2,3)20-14(19)18-10-4-5-11(13(16)7-10)12-6-9(12)8-17/h4-5,7,9,12H,6,8,17H2,1-3H3,(H,18,19). The van der Waals surface area contributed by atoms with Crippen LogP contribution in [0.5, 0.6) is 0 Å². The molecule has 1 aromatic rings. The van der Waals surface area contributed by atoms with E-state index in [1.54, 1.807) is 32.9 Å². The highest BCUT2D eigenvalue weighted by molar-refractivity contribution is 5.84. The number of nitrogens with two attached hydrogens (primary N) is 1. The largest absolute Gasteiger partial charge is 0.444 e. The zero-order chi connectivity index (χ0) is 14.9. The molecule has 0 aliphatic heterocycles. The van der Waals surface area contributed by atoms with E-state index in [9.17, 15) is 9.18 Å². The lowest BCUT2D eigenvalue weighted by molar-refractivity contribution is 0.0636. The number of benzene rings is 1. The summed E-state index contributed by atoms with van der Waals surface area (Å²) in [6.07, 6.45) is 0.350. The van der Waals surface area contributed by atoms with E-state index in [1.807, 2.05) is 0 Å². The van der Waals surface area contributed by atoms with E-state index in [2.05, 4.69) is 5.32 Å². The molecule has 3 N–H and O–H groups in total. The van der Waals surface area contributed by atoms with E-state index in [0.29, 0.717) is 23.7 Å². The number of ether oxygens (including phenoxy) is 1. The van der Waals surface area contributed by atoms with Crippen molar-refractivity contribution in [3.8, 4) is 0 Å². The summed E-state index contributed by atoms with van der Waals surface area (Å²) >= 11 is 0. The van der Waals surface area contributed by atoms with Crippen LogP contribution in [-0.4, -0.2) is 18.2 Å². The molecule has 0 heterocycles. The highest BCUT2D eigenvalue weighted by atomic mass is 19.1. The summed E-state index contributed by atoms with van der Waals surface area (Å²) in [4.78, 5) is 11.6. The Morgan fingerprint density at radius 1 is 1.50 bits per heavy atom. The maximum Gasteiger partial charge on any atom is 0.412 e. The second-order valence-corrected chi connectivity index (χ2v) is 6.20. The lowest BCUT2D eigenvalue weighted by Gasteiger charge is -2.19. The van der Waals surface area contributed by atoms with E-state index in [0.717, 1.165) is 6.42 Å². The number of carbonyl (C=O) groups is 1. The summed E-state index contributed by atoms with van der Waals surface area (Å²) in [7, 11) is 0. The molecule has 1 aliphatic carbocycles. The Morgan fingerprint density at radius 3 is 2.70 bits per heavy atom. The summed E-state index contributed by atoms with van der Waals surface area (Å²) in [6, 6.07) is 4.72. The number of anilines is 1. The van der Waals surface area contributed by atoms with Crippen LogP contribution in [-0.2, 0) is 4.74 Å². The lowest BCUT2D eigenvalue weighted by Crippen LogP contribution is -2.27. The van der Waals surface area contributed by atoms with Crippen LogP contribution in [0, 0.1) is 11.7 Å². The highest BCUT2D eigenvalue weighted by Gasteiger charge is 2.38. The number of hydrogen-bond acceptors (Lipinski definition) is 3. The Bertz CT molecular complexity index is 511. The second-order valence-electron chi connectivity index (χ2n) is 6.20. The quantitative estimate of drug-likeness (QED) is 0.893. The van der Waals surface area contributed by atoms with Crippen molar-refractivity contribution in [2.24, 2.45) is 11.7 Å². The van der Waals surface area contributed by atoms with Crippen LogP contribution >= 0.6 is 0 Å². The van der Waals surface area contributed by atoms with Gasteiger partial charge in [0.2, 0.25) is 0 Å². The van der Waals surface area contributed by atoms with Gasteiger partial charge in [0.25, 0.3) is 0 Å². The molecule has 4 nitrogen and oxygen atoms in total. The number of amides is 1. The molecule has 5 heteroatoms. The minimum absolute atomic E-state index is 0.218. The predicted molar refractivity (Wildman–Crippen MR) is 76.2 cm³/mol. The van der Waals surface area contributed by atoms with Gasteiger partial charge >= 0.3 is 6.09 Å². The molecular formula is C15H21FN2O2. The van der Waals surface area contributed by atoms with Crippen LogP contribution in [0.4, 0.5) is 14.9 Å². The molecule has 2 unspecified atom stereocenters. The third kappa shape index (κ3) is 3.70. The normalized spacial score (nSPS) is 21.4. The van der Waals surface area contributed by atoms with Gasteiger partial charge in [-0.25, -0.2) is 9.18 Å². The zero-order valence-corrected chi connectivity index (χ0v) is 12.1. The molecule has 0 spiro atoms. The van der Waals surface area contributed by atoms with Crippen LogP contribution < -0.4 is 11.1 Å². The number of hydrogen-bond donors (Lipinski definition) is 2. The number of halogens is 1.